The Bertz CT molecular complexity index is 791. The van der Waals surface area contributed by atoms with Crippen LogP contribution in [-0.2, 0) is 9.53 Å². The maximum absolute atomic E-state index is 12.8. The molecule has 2 aliphatic heterocycles. The van der Waals surface area contributed by atoms with E-state index >= 15 is 0 Å². The lowest BCUT2D eigenvalue weighted by atomic mass is 10.1. The lowest BCUT2D eigenvalue weighted by Gasteiger charge is -2.33. The molecule has 0 N–H and O–H groups in total. The molecule has 0 unspecified atom stereocenters. The minimum atomic E-state index is -0.515. The van der Waals surface area contributed by atoms with Crippen molar-refractivity contribution in [1.82, 2.24) is 4.90 Å². The second kappa shape index (κ2) is 5.35. The summed E-state index contributed by atoms with van der Waals surface area (Å²) in [4.78, 5) is 29.0. The van der Waals surface area contributed by atoms with E-state index in [-0.39, 0.29) is 11.8 Å². The van der Waals surface area contributed by atoms with E-state index < -0.39 is 6.04 Å². The number of nitrogens with zero attached hydrogens (tertiary/aromatic N) is 2. The summed E-state index contributed by atoms with van der Waals surface area (Å²) in [6.07, 6.45) is 0. The first kappa shape index (κ1) is 14.2. The summed E-state index contributed by atoms with van der Waals surface area (Å²) in [6, 6.07) is 11.0. The van der Waals surface area contributed by atoms with E-state index in [1.54, 1.807) is 16.7 Å². The van der Waals surface area contributed by atoms with Gasteiger partial charge in [-0.3, -0.25) is 14.5 Å². The number of hydrogen-bond acceptors (Lipinski definition) is 3. The third kappa shape index (κ3) is 2.11. The average Bonchev–Trinajstić information content (AvgIpc) is 2.89. The van der Waals surface area contributed by atoms with Gasteiger partial charge in [0.25, 0.3) is 5.91 Å². The minimum absolute atomic E-state index is 0.0218. The number of hydrogen-bond donors (Lipinski definition) is 0. The summed E-state index contributed by atoms with van der Waals surface area (Å²) in [5, 5.41) is 1.98. The van der Waals surface area contributed by atoms with Gasteiger partial charge in [0.05, 0.1) is 18.9 Å². The van der Waals surface area contributed by atoms with Crippen LogP contribution < -0.4 is 4.90 Å². The van der Waals surface area contributed by atoms with Gasteiger partial charge in [-0.2, -0.15) is 0 Å². The highest BCUT2D eigenvalue weighted by molar-refractivity contribution is 6.26. The topological polar surface area (TPSA) is 49.9 Å². The second-order valence-electron chi connectivity index (χ2n) is 5.97. The Balaban J connectivity index is 1.71. The molecule has 118 valence electrons. The molecule has 1 fully saturated rings. The molecule has 0 spiro atoms. The van der Waals surface area contributed by atoms with Gasteiger partial charge in [0.15, 0.2) is 0 Å². The number of carbonyl (C=O) groups excluding carboxylic acids is 2. The largest absolute Gasteiger partial charge is 0.378 e. The van der Waals surface area contributed by atoms with Gasteiger partial charge in [-0.25, -0.2) is 0 Å². The molecule has 0 bridgehead atoms. The SMILES string of the molecule is C[C@H](C(=O)N1CCOCC1)N1C(=O)c2cccc3cccc1c23. The van der Waals surface area contributed by atoms with E-state index in [1.165, 1.54) is 0 Å². The molecule has 2 aromatic rings. The molecule has 1 saturated heterocycles. The molecule has 2 heterocycles. The van der Waals surface area contributed by atoms with Crippen molar-refractivity contribution in [1.29, 1.82) is 0 Å². The highest BCUT2D eigenvalue weighted by atomic mass is 16.5. The van der Waals surface area contributed by atoms with Gasteiger partial charge in [0.1, 0.15) is 6.04 Å². The summed E-state index contributed by atoms with van der Waals surface area (Å²) < 4.78 is 5.30. The molecule has 2 aromatic carbocycles. The van der Waals surface area contributed by atoms with Crippen molar-refractivity contribution in [2.75, 3.05) is 31.2 Å². The molecule has 0 aromatic heterocycles. The van der Waals surface area contributed by atoms with Gasteiger partial charge in [0, 0.05) is 24.0 Å². The van der Waals surface area contributed by atoms with Crippen molar-refractivity contribution < 1.29 is 14.3 Å². The number of rotatable bonds is 2. The monoisotopic (exact) mass is 310 g/mol. The summed E-state index contributed by atoms with van der Waals surface area (Å²) in [6.45, 7) is 4.09. The van der Waals surface area contributed by atoms with Crippen LogP contribution in [0.1, 0.15) is 17.3 Å². The fourth-order valence-corrected chi connectivity index (χ4v) is 3.48. The van der Waals surface area contributed by atoms with Crippen molar-refractivity contribution in [3.05, 3.63) is 42.0 Å². The Morgan fingerprint density at radius 1 is 1.13 bits per heavy atom. The number of amides is 2. The number of anilines is 1. The van der Waals surface area contributed by atoms with Gasteiger partial charge in [-0.05, 0) is 24.4 Å². The van der Waals surface area contributed by atoms with Crippen LogP contribution >= 0.6 is 0 Å². The van der Waals surface area contributed by atoms with Crippen molar-refractivity contribution in [2.24, 2.45) is 0 Å². The van der Waals surface area contributed by atoms with Crippen LogP contribution in [0.4, 0.5) is 5.69 Å². The van der Waals surface area contributed by atoms with Crippen LogP contribution in [0.15, 0.2) is 36.4 Å². The highest BCUT2D eigenvalue weighted by Gasteiger charge is 2.37. The first-order valence-corrected chi connectivity index (χ1v) is 7.90. The Hall–Kier alpha value is -2.40. The van der Waals surface area contributed by atoms with E-state index in [1.807, 2.05) is 36.4 Å². The number of ether oxygens (including phenoxy) is 1. The molecule has 0 aliphatic carbocycles. The van der Waals surface area contributed by atoms with Crippen molar-refractivity contribution in [2.45, 2.75) is 13.0 Å². The maximum atomic E-state index is 12.8. The van der Waals surface area contributed by atoms with Gasteiger partial charge in [-0.15, -0.1) is 0 Å². The van der Waals surface area contributed by atoms with Gasteiger partial charge >= 0.3 is 0 Å². The smallest absolute Gasteiger partial charge is 0.259 e. The van der Waals surface area contributed by atoms with Gasteiger partial charge < -0.3 is 9.64 Å². The van der Waals surface area contributed by atoms with E-state index in [0.29, 0.717) is 31.9 Å². The molecule has 23 heavy (non-hydrogen) atoms. The molecular formula is C18H18N2O3. The predicted molar refractivity (Wildman–Crippen MR) is 87.6 cm³/mol. The van der Waals surface area contributed by atoms with Crippen LogP contribution in [-0.4, -0.2) is 49.1 Å². The molecule has 0 saturated carbocycles. The Morgan fingerprint density at radius 3 is 2.57 bits per heavy atom. The molecule has 0 radical (unpaired) electrons. The first-order chi connectivity index (χ1) is 11.2. The molecule has 4 rings (SSSR count). The average molecular weight is 310 g/mol. The number of benzene rings is 2. The Labute approximate surface area is 134 Å². The van der Waals surface area contributed by atoms with Gasteiger partial charge in [-0.1, -0.05) is 24.3 Å². The van der Waals surface area contributed by atoms with Crippen molar-refractivity contribution >= 4 is 28.3 Å². The Kier molecular flexibility index (Phi) is 3.31. The summed E-state index contributed by atoms with van der Waals surface area (Å²) in [7, 11) is 0. The van der Waals surface area contributed by atoms with Crippen LogP contribution in [0.25, 0.3) is 10.8 Å². The number of morpholine rings is 1. The van der Waals surface area contributed by atoms with E-state index in [2.05, 4.69) is 0 Å². The van der Waals surface area contributed by atoms with Crippen LogP contribution in [0.5, 0.6) is 0 Å². The molecule has 5 nitrogen and oxygen atoms in total. The van der Waals surface area contributed by atoms with E-state index in [4.69, 9.17) is 4.74 Å². The van der Waals surface area contributed by atoms with E-state index in [0.717, 1.165) is 16.5 Å². The second-order valence-corrected chi connectivity index (χ2v) is 5.97. The standard InChI is InChI=1S/C18H18N2O3/c1-12(17(21)19-8-10-23-11-9-19)20-15-7-3-5-13-4-2-6-14(16(13)15)18(20)22/h2-7,12H,8-11H2,1H3/t12-/m1/s1. The lowest BCUT2D eigenvalue weighted by Crippen LogP contribution is -2.51. The quantitative estimate of drug-likeness (QED) is 0.853. The van der Waals surface area contributed by atoms with Crippen LogP contribution in [0, 0.1) is 0 Å². The Morgan fingerprint density at radius 2 is 1.83 bits per heavy atom. The van der Waals surface area contributed by atoms with Crippen molar-refractivity contribution in [3.63, 3.8) is 0 Å². The summed E-state index contributed by atoms with van der Waals surface area (Å²) in [5.74, 6) is -0.114. The molecule has 5 heteroatoms. The van der Waals surface area contributed by atoms with Crippen LogP contribution in [0.2, 0.25) is 0 Å². The highest BCUT2D eigenvalue weighted by Crippen LogP contribution is 2.38. The summed E-state index contributed by atoms with van der Waals surface area (Å²) in [5.41, 5.74) is 1.51. The molecular weight excluding hydrogens is 292 g/mol. The third-order valence-corrected chi connectivity index (χ3v) is 4.66. The maximum Gasteiger partial charge on any atom is 0.259 e. The van der Waals surface area contributed by atoms with Crippen molar-refractivity contribution in [3.8, 4) is 0 Å². The minimum Gasteiger partial charge on any atom is -0.378 e. The molecule has 2 amide bonds. The zero-order chi connectivity index (χ0) is 16.0. The lowest BCUT2D eigenvalue weighted by molar-refractivity contribution is -0.136. The summed E-state index contributed by atoms with van der Waals surface area (Å²) >= 11 is 0. The van der Waals surface area contributed by atoms with Gasteiger partial charge in [0.2, 0.25) is 5.91 Å². The normalized spacial score (nSPS) is 18.6. The predicted octanol–water partition coefficient (Wildman–Crippen LogP) is 2.05. The number of carbonyl (C=O) groups is 2. The fraction of sp³-hybridized carbons (Fsp3) is 0.333. The van der Waals surface area contributed by atoms with E-state index in [9.17, 15) is 9.59 Å². The van der Waals surface area contributed by atoms with Crippen LogP contribution in [0.3, 0.4) is 0 Å². The zero-order valence-electron chi connectivity index (χ0n) is 13.0. The zero-order valence-corrected chi connectivity index (χ0v) is 13.0. The molecule has 2 aliphatic rings. The third-order valence-electron chi connectivity index (χ3n) is 4.66. The molecule has 1 atom stereocenters. The fourth-order valence-electron chi connectivity index (χ4n) is 3.48. The first-order valence-electron chi connectivity index (χ1n) is 7.90.